The number of fused-ring (bicyclic) bond motifs is 2. The second-order valence-corrected chi connectivity index (χ2v) is 4.57. The third-order valence-corrected chi connectivity index (χ3v) is 3.29. The van der Waals surface area contributed by atoms with Crippen molar-refractivity contribution in [2.45, 2.75) is 0 Å². The summed E-state index contributed by atoms with van der Waals surface area (Å²) in [6.07, 6.45) is 1.05. The second-order valence-electron chi connectivity index (χ2n) is 4.57. The number of carbonyl (C=O) groups is 1. The van der Waals surface area contributed by atoms with Crippen LogP contribution in [0.3, 0.4) is 0 Å². The molecule has 0 fully saturated rings. The van der Waals surface area contributed by atoms with Crippen molar-refractivity contribution in [3.8, 4) is 5.75 Å². The number of carboxylic acids is 1. The summed E-state index contributed by atoms with van der Waals surface area (Å²) in [4.78, 5) is 41.8. The van der Waals surface area contributed by atoms with Crippen molar-refractivity contribution in [2.75, 3.05) is 0 Å². The number of benzene rings is 2. The Morgan fingerprint density at radius 2 is 1.91 bits per heavy atom. The number of phenols is 1. The Bertz CT molecular complexity index is 1120. The predicted molar refractivity (Wildman–Crippen MR) is 78.6 cm³/mol. The summed E-state index contributed by atoms with van der Waals surface area (Å²) in [5.41, 5.74) is 3.86. The molecule has 0 saturated heterocycles. The number of aromatic hydroxyl groups is 1. The van der Waals surface area contributed by atoms with Crippen molar-refractivity contribution in [3.63, 3.8) is 0 Å². The predicted octanol–water partition coefficient (Wildman–Crippen LogP) is -0.744. The van der Waals surface area contributed by atoms with Crippen molar-refractivity contribution in [1.82, 2.24) is 9.97 Å². The average molecular weight is 299 g/mol. The number of hydrogen-bond acceptors (Lipinski definition) is 6. The van der Waals surface area contributed by atoms with Gasteiger partial charge in [0.25, 0.3) is 0 Å². The minimum atomic E-state index is -1.26. The van der Waals surface area contributed by atoms with Gasteiger partial charge in [-0.1, -0.05) is 0 Å². The summed E-state index contributed by atoms with van der Waals surface area (Å²) >= 11 is 0. The molecule has 110 valence electrons. The molecule has 0 amide bonds. The van der Waals surface area contributed by atoms with Crippen molar-refractivity contribution in [1.29, 1.82) is 0 Å². The molecule has 0 spiro atoms. The number of phenolic OH excluding ortho intramolecular Hbond substituents is 1. The Morgan fingerprint density at radius 1 is 1.18 bits per heavy atom. The average Bonchev–Trinajstić information content (AvgIpc) is 2.46. The standard InChI is InChI=1S/C14H9N3O5/c15-4-6-8(19)3-9(20)13-11(6)17-12-7(18)2-1-5(14(21)22)10(12)16-13/h1-4,16,19H,15H2,(H,21,22)/b6-4-. The molecule has 0 aliphatic rings. The lowest BCUT2D eigenvalue weighted by Gasteiger charge is -2.05. The molecular formula is C14H9N3O5. The summed E-state index contributed by atoms with van der Waals surface area (Å²) in [6, 6.07) is 3.15. The molecule has 8 nitrogen and oxygen atoms in total. The summed E-state index contributed by atoms with van der Waals surface area (Å²) in [5, 5.41) is 19.0. The molecular weight excluding hydrogens is 290 g/mol. The molecule has 8 heteroatoms. The number of nitrogens with one attached hydrogen (secondary N) is 1. The number of carboxylic acid groups (broad SMARTS) is 1. The van der Waals surface area contributed by atoms with Gasteiger partial charge in [-0.05, 0) is 12.1 Å². The van der Waals surface area contributed by atoms with Gasteiger partial charge < -0.3 is 20.9 Å². The molecule has 0 aliphatic carbocycles. The van der Waals surface area contributed by atoms with E-state index in [1.54, 1.807) is 0 Å². The Balaban J connectivity index is 2.69. The zero-order chi connectivity index (χ0) is 16.0. The van der Waals surface area contributed by atoms with Crippen molar-refractivity contribution >= 4 is 34.2 Å². The molecule has 1 aromatic heterocycles. The summed E-state index contributed by atoms with van der Waals surface area (Å²) in [5.74, 6) is -1.64. The monoisotopic (exact) mass is 299 g/mol. The minimum Gasteiger partial charge on any atom is -0.507 e. The number of aromatic nitrogens is 2. The highest BCUT2D eigenvalue weighted by atomic mass is 16.4. The van der Waals surface area contributed by atoms with Crippen LogP contribution in [0.25, 0.3) is 28.3 Å². The van der Waals surface area contributed by atoms with Crippen LogP contribution in [0.4, 0.5) is 0 Å². The Hall–Kier alpha value is -3.42. The van der Waals surface area contributed by atoms with Gasteiger partial charge >= 0.3 is 5.97 Å². The fourth-order valence-corrected chi connectivity index (χ4v) is 2.27. The third-order valence-electron chi connectivity index (χ3n) is 3.29. The Morgan fingerprint density at radius 3 is 2.55 bits per heavy atom. The maximum atomic E-state index is 12.0. The molecule has 0 aliphatic heterocycles. The highest BCUT2D eigenvalue weighted by molar-refractivity contribution is 6.02. The van der Waals surface area contributed by atoms with Crippen molar-refractivity contribution < 1.29 is 15.0 Å². The van der Waals surface area contributed by atoms with Gasteiger partial charge in [-0.25, -0.2) is 9.78 Å². The van der Waals surface area contributed by atoms with Crippen LogP contribution in [0.15, 0.2) is 27.8 Å². The fraction of sp³-hybridized carbons (Fsp3) is 0. The maximum Gasteiger partial charge on any atom is 0.337 e. The maximum absolute atomic E-state index is 12.0. The molecule has 5 N–H and O–H groups in total. The van der Waals surface area contributed by atoms with Gasteiger partial charge in [-0.15, -0.1) is 0 Å². The molecule has 0 saturated carbocycles. The fourth-order valence-electron chi connectivity index (χ4n) is 2.27. The molecule has 2 aromatic carbocycles. The summed E-state index contributed by atoms with van der Waals surface area (Å²) in [6.45, 7) is 0. The summed E-state index contributed by atoms with van der Waals surface area (Å²) < 4.78 is 0. The molecule has 22 heavy (non-hydrogen) atoms. The molecule has 0 radical (unpaired) electrons. The number of hydrogen-bond donors (Lipinski definition) is 4. The first kappa shape index (κ1) is 13.6. The number of aromatic carboxylic acids is 1. The Kier molecular flexibility index (Phi) is 2.81. The van der Waals surface area contributed by atoms with E-state index < -0.39 is 16.8 Å². The van der Waals surface area contributed by atoms with E-state index in [4.69, 9.17) is 10.8 Å². The van der Waals surface area contributed by atoms with Gasteiger partial charge in [0.15, 0.2) is 0 Å². The molecule has 0 bridgehead atoms. The number of nitrogens with two attached hydrogens (primary N) is 1. The lowest BCUT2D eigenvalue weighted by atomic mass is 10.1. The van der Waals surface area contributed by atoms with Crippen LogP contribution >= 0.6 is 0 Å². The smallest absolute Gasteiger partial charge is 0.337 e. The van der Waals surface area contributed by atoms with E-state index in [2.05, 4.69) is 9.97 Å². The lowest BCUT2D eigenvalue weighted by Crippen LogP contribution is -2.18. The molecule has 3 rings (SSSR count). The van der Waals surface area contributed by atoms with Gasteiger partial charge in [0.1, 0.15) is 22.3 Å². The van der Waals surface area contributed by atoms with Crippen molar-refractivity contribution in [3.05, 3.63) is 49.4 Å². The number of H-pyrrole nitrogens is 1. The number of rotatable bonds is 1. The molecule has 3 aromatic rings. The van der Waals surface area contributed by atoms with Gasteiger partial charge in [0, 0.05) is 12.3 Å². The first-order valence-electron chi connectivity index (χ1n) is 6.12. The largest absolute Gasteiger partial charge is 0.507 e. The molecule has 1 heterocycles. The third kappa shape index (κ3) is 1.78. The van der Waals surface area contributed by atoms with Crippen LogP contribution < -0.4 is 21.8 Å². The van der Waals surface area contributed by atoms with E-state index in [1.165, 1.54) is 0 Å². The van der Waals surface area contributed by atoms with Gasteiger partial charge in [-0.3, -0.25) is 9.59 Å². The molecule has 0 atom stereocenters. The van der Waals surface area contributed by atoms with Crippen LogP contribution in [0.2, 0.25) is 0 Å². The Labute approximate surface area is 121 Å². The summed E-state index contributed by atoms with van der Waals surface area (Å²) in [7, 11) is 0. The second kappa shape index (κ2) is 4.55. The van der Waals surface area contributed by atoms with Crippen LogP contribution in [-0.4, -0.2) is 26.2 Å². The van der Waals surface area contributed by atoms with E-state index in [-0.39, 0.29) is 38.6 Å². The van der Waals surface area contributed by atoms with E-state index in [9.17, 15) is 19.5 Å². The lowest BCUT2D eigenvalue weighted by molar-refractivity contribution is 0.0699. The van der Waals surface area contributed by atoms with E-state index in [1.807, 2.05) is 0 Å². The van der Waals surface area contributed by atoms with E-state index in [0.717, 1.165) is 24.4 Å². The number of nitrogens with zero attached hydrogens (tertiary/aromatic N) is 1. The SMILES string of the molecule is N/C=c1/c(O)cc(=O)c2[nH]c3c(C(=O)O)ccc(=O)c3nc12. The number of aromatic amines is 1. The van der Waals surface area contributed by atoms with Gasteiger partial charge in [0.05, 0.1) is 16.3 Å². The zero-order valence-electron chi connectivity index (χ0n) is 11.0. The normalized spacial score (nSPS) is 12.1. The first-order valence-corrected chi connectivity index (χ1v) is 6.12. The highest BCUT2D eigenvalue weighted by Gasteiger charge is 2.15. The minimum absolute atomic E-state index is 0.000334. The molecule has 0 unspecified atom stereocenters. The first-order chi connectivity index (χ1) is 10.4. The van der Waals surface area contributed by atoms with Crippen LogP contribution in [0.5, 0.6) is 5.75 Å². The van der Waals surface area contributed by atoms with Crippen LogP contribution in [0.1, 0.15) is 10.4 Å². The van der Waals surface area contributed by atoms with E-state index in [0.29, 0.717) is 0 Å². The zero-order valence-corrected chi connectivity index (χ0v) is 11.0. The topological polar surface area (TPSA) is 146 Å². The van der Waals surface area contributed by atoms with Crippen LogP contribution in [-0.2, 0) is 0 Å². The van der Waals surface area contributed by atoms with Gasteiger partial charge in [-0.2, -0.15) is 0 Å². The van der Waals surface area contributed by atoms with Gasteiger partial charge in [0.2, 0.25) is 10.9 Å². The van der Waals surface area contributed by atoms with Crippen LogP contribution in [0, 0.1) is 0 Å². The van der Waals surface area contributed by atoms with Crippen molar-refractivity contribution in [2.24, 2.45) is 5.73 Å². The quantitative estimate of drug-likeness (QED) is 0.432. The van der Waals surface area contributed by atoms with E-state index >= 15 is 0 Å². The highest BCUT2D eigenvalue weighted by Crippen LogP contribution is 2.15.